The van der Waals surface area contributed by atoms with Gasteiger partial charge in [-0.25, -0.2) is 0 Å². The maximum atomic E-state index is 12.9. The minimum Gasteiger partial charge on any atom is -0.482 e. The molecule has 1 fully saturated rings. The van der Waals surface area contributed by atoms with Gasteiger partial charge in [-0.1, -0.05) is 60.2 Å². The van der Waals surface area contributed by atoms with Crippen molar-refractivity contribution in [3.63, 3.8) is 0 Å². The average molecular weight is 396 g/mol. The van der Waals surface area contributed by atoms with Crippen LogP contribution in [0.25, 0.3) is 17.2 Å². The molecule has 0 bridgehead atoms. The highest BCUT2D eigenvalue weighted by Gasteiger charge is 2.38. The van der Waals surface area contributed by atoms with Crippen molar-refractivity contribution in [2.45, 2.75) is 25.4 Å². The minimum absolute atomic E-state index is 0.112. The molecule has 3 aromatic carbocycles. The number of carbonyl (C=O) groups excluding carboxylic acids is 1. The zero-order valence-electron chi connectivity index (χ0n) is 17.2. The van der Waals surface area contributed by atoms with E-state index in [1.165, 1.54) is 11.1 Å². The summed E-state index contributed by atoms with van der Waals surface area (Å²) in [5, 5.41) is 0. The Morgan fingerprint density at radius 3 is 2.47 bits per heavy atom. The maximum absolute atomic E-state index is 12.9. The van der Waals surface area contributed by atoms with E-state index in [1.54, 1.807) is 0 Å². The molecule has 1 amide bonds. The van der Waals surface area contributed by atoms with Crippen LogP contribution in [0.1, 0.15) is 34.3 Å². The number of benzene rings is 3. The number of nitrogens with zero attached hydrogens (tertiary/aromatic N) is 1. The van der Waals surface area contributed by atoms with Crippen molar-refractivity contribution in [1.29, 1.82) is 0 Å². The third-order valence-electron chi connectivity index (χ3n) is 6.16. The number of fused-ring (bicyclic) bond motifs is 1. The van der Waals surface area contributed by atoms with Crippen molar-refractivity contribution in [3.8, 4) is 16.9 Å². The molecule has 5 rings (SSSR count). The molecule has 0 aromatic heterocycles. The summed E-state index contributed by atoms with van der Waals surface area (Å²) in [4.78, 5) is 14.8. The molecule has 2 aliphatic rings. The Morgan fingerprint density at radius 1 is 0.900 bits per heavy atom. The van der Waals surface area contributed by atoms with Gasteiger partial charge in [0.05, 0.1) is 0 Å². The second-order valence-corrected chi connectivity index (χ2v) is 8.28. The Labute approximate surface area is 177 Å². The van der Waals surface area contributed by atoms with E-state index in [4.69, 9.17) is 4.74 Å². The van der Waals surface area contributed by atoms with E-state index >= 15 is 0 Å². The van der Waals surface area contributed by atoms with Crippen molar-refractivity contribution in [2.75, 3.05) is 13.1 Å². The summed E-state index contributed by atoms with van der Waals surface area (Å²) in [7, 11) is 0. The number of hydrogen-bond donors (Lipinski definition) is 0. The van der Waals surface area contributed by atoms with E-state index in [-0.39, 0.29) is 11.5 Å². The molecule has 3 heteroatoms. The highest BCUT2D eigenvalue weighted by molar-refractivity contribution is 5.94. The summed E-state index contributed by atoms with van der Waals surface area (Å²) in [6.07, 6.45) is 5.99. The van der Waals surface area contributed by atoms with Gasteiger partial charge in [-0.05, 0) is 48.4 Å². The number of rotatable bonds is 2. The lowest BCUT2D eigenvalue weighted by atomic mass is 9.87. The molecule has 0 N–H and O–H groups in total. The summed E-state index contributed by atoms with van der Waals surface area (Å²) < 4.78 is 6.48. The van der Waals surface area contributed by atoms with Gasteiger partial charge in [0.15, 0.2) is 0 Å². The third kappa shape index (κ3) is 3.52. The number of piperidine rings is 1. The van der Waals surface area contributed by atoms with Gasteiger partial charge < -0.3 is 9.64 Å². The van der Waals surface area contributed by atoms with Crippen LogP contribution in [0.2, 0.25) is 0 Å². The van der Waals surface area contributed by atoms with Crippen LogP contribution in [0.4, 0.5) is 0 Å². The van der Waals surface area contributed by atoms with Gasteiger partial charge in [0, 0.05) is 37.1 Å². The van der Waals surface area contributed by atoms with Gasteiger partial charge in [-0.2, -0.15) is 0 Å². The van der Waals surface area contributed by atoms with Crippen molar-refractivity contribution in [1.82, 2.24) is 4.90 Å². The molecule has 1 saturated heterocycles. The number of carbonyl (C=O) groups is 1. The Bertz CT molecular complexity index is 1110. The number of likely N-dealkylation sites (tertiary alicyclic amines) is 1. The Hall–Kier alpha value is -3.33. The van der Waals surface area contributed by atoms with E-state index in [1.807, 2.05) is 42.2 Å². The second kappa shape index (κ2) is 7.49. The van der Waals surface area contributed by atoms with E-state index in [0.29, 0.717) is 13.1 Å². The van der Waals surface area contributed by atoms with Crippen LogP contribution in [0.3, 0.4) is 0 Å². The minimum atomic E-state index is -0.315. The first-order chi connectivity index (χ1) is 14.6. The highest BCUT2D eigenvalue weighted by atomic mass is 16.5. The summed E-state index contributed by atoms with van der Waals surface area (Å²) in [6, 6.07) is 24.6. The standard InChI is InChI=1S/C27H25NO2/c1-20-6-5-9-24(18-20)26(29)28-16-14-27(15-17-28)13-12-23-19-22(10-11-25(23)30-27)21-7-3-2-4-8-21/h2-13,18-19H,14-17H2,1H3. The fourth-order valence-electron chi connectivity index (χ4n) is 4.39. The molecule has 30 heavy (non-hydrogen) atoms. The van der Waals surface area contributed by atoms with Gasteiger partial charge >= 0.3 is 0 Å². The zero-order valence-corrected chi connectivity index (χ0v) is 17.2. The first kappa shape index (κ1) is 18.7. The van der Waals surface area contributed by atoms with Crippen molar-refractivity contribution < 1.29 is 9.53 Å². The monoisotopic (exact) mass is 395 g/mol. The van der Waals surface area contributed by atoms with E-state index in [0.717, 1.165) is 35.3 Å². The summed E-state index contributed by atoms with van der Waals surface area (Å²) in [6.45, 7) is 3.42. The zero-order chi connectivity index (χ0) is 20.6. The van der Waals surface area contributed by atoms with Gasteiger partial charge in [0.2, 0.25) is 0 Å². The molecule has 0 atom stereocenters. The predicted molar refractivity (Wildman–Crippen MR) is 121 cm³/mol. The first-order valence-corrected chi connectivity index (χ1v) is 10.6. The Balaban J connectivity index is 1.30. The molecule has 0 saturated carbocycles. The summed E-state index contributed by atoms with van der Waals surface area (Å²) in [5.41, 5.74) is 5.07. The maximum Gasteiger partial charge on any atom is 0.253 e. The first-order valence-electron chi connectivity index (χ1n) is 10.6. The molecule has 2 aliphatic heterocycles. The van der Waals surface area contributed by atoms with E-state index < -0.39 is 0 Å². The normalized spacial score (nSPS) is 16.8. The predicted octanol–water partition coefficient (Wildman–Crippen LogP) is 5.74. The van der Waals surface area contributed by atoms with Gasteiger partial charge in [-0.15, -0.1) is 0 Å². The third-order valence-corrected chi connectivity index (χ3v) is 6.16. The molecular weight excluding hydrogens is 370 g/mol. The topological polar surface area (TPSA) is 29.5 Å². The quantitative estimate of drug-likeness (QED) is 0.553. The van der Waals surface area contributed by atoms with Crippen LogP contribution in [-0.2, 0) is 0 Å². The number of aryl methyl sites for hydroxylation is 1. The van der Waals surface area contributed by atoms with Crippen LogP contribution >= 0.6 is 0 Å². The fraction of sp³-hybridized carbons (Fsp3) is 0.222. The van der Waals surface area contributed by atoms with E-state index in [2.05, 4.69) is 54.6 Å². The average Bonchev–Trinajstić information content (AvgIpc) is 2.79. The molecule has 2 heterocycles. The molecule has 0 radical (unpaired) electrons. The van der Waals surface area contributed by atoms with E-state index in [9.17, 15) is 4.79 Å². The number of amides is 1. The van der Waals surface area contributed by atoms with Crippen LogP contribution in [0, 0.1) is 6.92 Å². The lowest BCUT2D eigenvalue weighted by Gasteiger charge is -2.42. The molecule has 3 aromatic rings. The fourth-order valence-corrected chi connectivity index (χ4v) is 4.39. The van der Waals surface area contributed by atoms with Gasteiger partial charge in [-0.3, -0.25) is 4.79 Å². The lowest BCUT2D eigenvalue weighted by Crippen LogP contribution is -2.49. The van der Waals surface area contributed by atoms with Crippen LogP contribution in [0.5, 0.6) is 5.75 Å². The lowest BCUT2D eigenvalue weighted by molar-refractivity contribution is 0.0329. The van der Waals surface area contributed by atoms with Crippen LogP contribution < -0.4 is 4.74 Å². The van der Waals surface area contributed by atoms with Crippen LogP contribution in [0.15, 0.2) is 78.9 Å². The van der Waals surface area contributed by atoms with Gasteiger partial charge in [0.25, 0.3) is 5.91 Å². The second-order valence-electron chi connectivity index (χ2n) is 8.28. The molecule has 0 aliphatic carbocycles. The SMILES string of the molecule is Cc1cccc(C(=O)N2CCC3(C=Cc4cc(-c5ccccc5)ccc4O3)CC2)c1. The van der Waals surface area contributed by atoms with Crippen molar-refractivity contribution >= 4 is 12.0 Å². The molecule has 150 valence electrons. The van der Waals surface area contributed by atoms with Gasteiger partial charge in [0.1, 0.15) is 11.4 Å². The van der Waals surface area contributed by atoms with Crippen LogP contribution in [-0.4, -0.2) is 29.5 Å². The summed E-state index contributed by atoms with van der Waals surface area (Å²) in [5.74, 6) is 1.04. The number of hydrogen-bond acceptors (Lipinski definition) is 2. The molecule has 3 nitrogen and oxygen atoms in total. The smallest absolute Gasteiger partial charge is 0.253 e. The molecule has 0 unspecified atom stereocenters. The van der Waals surface area contributed by atoms with Crippen molar-refractivity contribution in [2.24, 2.45) is 0 Å². The molecular formula is C27H25NO2. The Kier molecular flexibility index (Phi) is 4.66. The highest BCUT2D eigenvalue weighted by Crippen LogP contribution is 2.39. The molecule has 1 spiro atoms. The number of ether oxygens (including phenoxy) is 1. The van der Waals surface area contributed by atoms with Crippen molar-refractivity contribution in [3.05, 3.63) is 95.6 Å². The summed E-state index contributed by atoms with van der Waals surface area (Å²) >= 11 is 0. The largest absolute Gasteiger partial charge is 0.482 e. The Morgan fingerprint density at radius 2 is 1.70 bits per heavy atom.